The second-order valence-corrected chi connectivity index (χ2v) is 7.17. The van der Waals surface area contributed by atoms with Crippen molar-refractivity contribution >= 4 is 22.5 Å². The zero-order valence-corrected chi connectivity index (χ0v) is 16.3. The molecule has 0 atom stereocenters. The smallest absolute Gasteiger partial charge is 0.256 e. The van der Waals surface area contributed by atoms with E-state index in [4.69, 9.17) is 4.98 Å². The lowest BCUT2D eigenvalue weighted by Crippen LogP contribution is -2.16. The molecule has 0 aliphatic rings. The molecule has 3 nitrogen and oxygen atoms in total. The van der Waals surface area contributed by atoms with Crippen molar-refractivity contribution in [2.24, 2.45) is 0 Å². The van der Waals surface area contributed by atoms with Crippen molar-refractivity contribution < 1.29 is 4.79 Å². The van der Waals surface area contributed by atoms with Crippen molar-refractivity contribution in [3.8, 4) is 11.3 Å². The van der Waals surface area contributed by atoms with Gasteiger partial charge >= 0.3 is 0 Å². The number of benzene rings is 3. The van der Waals surface area contributed by atoms with Gasteiger partial charge < -0.3 is 5.32 Å². The molecule has 1 aromatic heterocycles. The first kappa shape index (κ1) is 17.9. The Morgan fingerprint density at radius 1 is 0.821 bits per heavy atom. The summed E-state index contributed by atoms with van der Waals surface area (Å²) in [4.78, 5) is 18.0. The highest BCUT2D eigenvalue weighted by Gasteiger charge is 2.16. The van der Waals surface area contributed by atoms with Crippen LogP contribution >= 0.6 is 0 Å². The highest BCUT2D eigenvalue weighted by atomic mass is 16.1. The number of nitrogens with one attached hydrogen (secondary N) is 1. The van der Waals surface area contributed by atoms with Crippen LogP contribution in [0.15, 0.2) is 72.8 Å². The van der Waals surface area contributed by atoms with E-state index in [1.54, 1.807) is 0 Å². The third-order valence-electron chi connectivity index (χ3n) is 4.92. The zero-order valence-electron chi connectivity index (χ0n) is 16.3. The molecule has 0 saturated carbocycles. The van der Waals surface area contributed by atoms with E-state index in [0.717, 1.165) is 44.4 Å². The summed E-state index contributed by atoms with van der Waals surface area (Å²) < 4.78 is 0. The van der Waals surface area contributed by atoms with E-state index in [-0.39, 0.29) is 5.91 Å². The van der Waals surface area contributed by atoms with Gasteiger partial charge in [0.15, 0.2) is 0 Å². The van der Waals surface area contributed by atoms with Gasteiger partial charge in [0.1, 0.15) is 0 Å². The Balaban J connectivity index is 1.83. The summed E-state index contributed by atoms with van der Waals surface area (Å²) in [6.07, 6.45) is 0. The molecule has 3 aromatic carbocycles. The van der Waals surface area contributed by atoms with Gasteiger partial charge in [0.25, 0.3) is 5.91 Å². The van der Waals surface area contributed by atoms with Crippen LogP contribution in [0.3, 0.4) is 0 Å². The van der Waals surface area contributed by atoms with Crippen molar-refractivity contribution in [2.75, 3.05) is 5.32 Å². The Hall–Kier alpha value is -3.46. The lowest BCUT2D eigenvalue weighted by molar-refractivity contribution is 0.102. The van der Waals surface area contributed by atoms with Gasteiger partial charge in [0.05, 0.1) is 16.9 Å². The molecule has 0 aliphatic heterocycles. The Kier molecular flexibility index (Phi) is 4.66. The number of fused-ring (bicyclic) bond motifs is 1. The number of aryl methyl sites for hydroxylation is 3. The molecule has 0 unspecified atom stereocenters. The standard InChI is InChI=1S/C25H22N2O/c1-16-13-17(2)23(18(3)14-16)25(28)27-22-15-20-11-7-8-12-21(20)26-24(22)19-9-5-4-6-10-19/h4-15H,1-3H3,(H,27,28). The second-order valence-electron chi connectivity index (χ2n) is 7.17. The molecule has 1 amide bonds. The normalized spacial score (nSPS) is 10.8. The second kappa shape index (κ2) is 7.28. The van der Waals surface area contributed by atoms with Gasteiger partial charge in [-0.3, -0.25) is 4.79 Å². The summed E-state index contributed by atoms with van der Waals surface area (Å²) in [5, 5.41) is 4.11. The van der Waals surface area contributed by atoms with E-state index in [1.165, 1.54) is 0 Å². The molecule has 0 saturated heterocycles. The minimum atomic E-state index is -0.107. The summed E-state index contributed by atoms with van der Waals surface area (Å²) in [5.41, 5.74) is 7.20. The maximum absolute atomic E-state index is 13.1. The lowest BCUT2D eigenvalue weighted by atomic mass is 9.99. The minimum absolute atomic E-state index is 0.107. The minimum Gasteiger partial charge on any atom is -0.320 e. The first-order valence-corrected chi connectivity index (χ1v) is 9.37. The molecule has 138 valence electrons. The molecule has 3 heteroatoms. The number of hydrogen-bond donors (Lipinski definition) is 1. The lowest BCUT2D eigenvalue weighted by Gasteiger charge is -2.15. The van der Waals surface area contributed by atoms with Crippen molar-refractivity contribution in [3.05, 3.63) is 95.1 Å². The van der Waals surface area contributed by atoms with Crippen LogP contribution in [0.25, 0.3) is 22.2 Å². The average Bonchev–Trinajstić information content (AvgIpc) is 2.67. The number of carbonyl (C=O) groups is 1. The first-order valence-electron chi connectivity index (χ1n) is 9.37. The molecular weight excluding hydrogens is 344 g/mol. The van der Waals surface area contributed by atoms with E-state index >= 15 is 0 Å². The maximum atomic E-state index is 13.1. The van der Waals surface area contributed by atoms with E-state index in [2.05, 4.69) is 5.32 Å². The molecule has 0 aliphatic carbocycles. The molecule has 4 rings (SSSR count). The van der Waals surface area contributed by atoms with Crippen LogP contribution in [0, 0.1) is 20.8 Å². The van der Waals surface area contributed by atoms with Crippen LogP contribution < -0.4 is 5.32 Å². The number of carbonyl (C=O) groups excluding carboxylic acids is 1. The van der Waals surface area contributed by atoms with Crippen molar-refractivity contribution in [1.29, 1.82) is 0 Å². The number of hydrogen-bond acceptors (Lipinski definition) is 2. The highest BCUT2D eigenvalue weighted by Crippen LogP contribution is 2.30. The van der Waals surface area contributed by atoms with Gasteiger partial charge in [-0.15, -0.1) is 0 Å². The van der Waals surface area contributed by atoms with Crippen LogP contribution in [0.1, 0.15) is 27.0 Å². The molecule has 28 heavy (non-hydrogen) atoms. The van der Waals surface area contributed by atoms with Crippen LogP contribution in [-0.4, -0.2) is 10.9 Å². The molecule has 4 aromatic rings. The molecule has 0 spiro atoms. The van der Waals surface area contributed by atoms with Gasteiger partial charge in [-0.2, -0.15) is 0 Å². The van der Waals surface area contributed by atoms with E-state index in [0.29, 0.717) is 5.69 Å². The predicted octanol–water partition coefficient (Wildman–Crippen LogP) is 6.08. The number of aromatic nitrogens is 1. The summed E-state index contributed by atoms with van der Waals surface area (Å²) >= 11 is 0. The summed E-state index contributed by atoms with van der Waals surface area (Å²) in [5.74, 6) is -0.107. The Bertz CT molecular complexity index is 1160. The Morgan fingerprint density at radius 3 is 2.18 bits per heavy atom. The van der Waals surface area contributed by atoms with Gasteiger partial charge in [-0.1, -0.05) is 66.2 Å². The van der Waals surface area contributed by atoms with Crippen LogP contribution in [0.2, 0.25) is 0 Å². The quantitative estimate of drug-likeness (QED) is 0.477. The number of anilines is 1. The molecular formula is C25H22N2O. The third kappa shape index (κ3) is 3.39. The first-order chi connectivity index (χ1) is 13.5. The van der Waals surface area contributed by atoms with Crippen LogP contribution in [0.5, 0.6) is 0 Å². The summed E-state index contributed by atoms with van der Waals surface area (Å²) in [7, 11) is 0. The SMILES string of the molecule is Cc1cc(C)c(C(=O)Nc2cc3ccccc3nc2-c2ccccc2)c(C)c1. The molecule has 0 fully saturated rings. The van der Waals surface area contributed by atoms with Gasteiger partial charge in [0.2, 0.25) is 0 Å². The predicted molar refractivity (Wildman–Crippen MR) is 116 cm³/mol. The fraction of sp³-hybridized carbons (Fsp3) is 0.120. The van der Waals surface area contributed by atoms with E-state index in [9.17, 15) is 4.79 Å². The van der Waals surface area contributed by atoms with Crippen molar-refractivity contribution in [3.63, 3.8) is 0 Å². The number of amides is 1. The third-order valence-corrected chi connectivity index (χ3v) is 4.92. The largest absolute Gasteiger partial charge is 0.320 e. The molecule has 0 radical (unpaired) electrons. The van der Waals surface area contributed by atoms with E-state index in [1.807, 2.05) is 93.6 Å². The van der Waals surface area contributed by atoms with Crippen LogP contribution in [0.4, 0.5) is 5.69 Å². The summed E-state index contributed by atoms with van der Waals surface area (Å²) in [6, 6.07) is 24.0. The average molecular weight is 366 g/mol. The van der Waals surface area contributed by atoms with E-state index < -0.39 is 0 Å². The van der Waals surface area contributed by atoms with Gasteiger partial charge in [-0.25, -0.2) is 4.98 Å². The molecule has 1 N–H and O–H groups in total. The van der Waals surface area contributed by atoms with Crippen molar-refractivity contribution in [2.45, 2.75) is 20.8 Å². The highest BCUT2D eigenvalue weighted by molar-refractivity contribution is 6.08. The molecule has 0 bridgehead atoms. The zero-order chi connectivity index (χ0) is 19.7. The van der Waals surface area contributed by atoms with Gasteiger partial charge in [0, 0.05) is 16.5 Å². The van der Waals surface area contributed by atoms with Crippen molar-refractivity contribution in [1.82, 2.24) is 4.98 Å². The number of para-hydroxylation sites is 1. The fourth-order valence-corrected chi connectivity index (χ4v) is 3.75. The van der Waals surface area contributed by atoms with Gasteiger partial charge in [-0.05, 0) is 44.0 Å². The number of pyridine rings is 1. The van der Waals surface area contributed by atoms with Crippen LogP contribution in [-0.2, 0) is 0 Å². The Morgan fingerprint density at radius 2 is 1.46 bits per heavy atom. The molecule has 1 heterocycles. The Labute approximate surface area is 165 Å². The fourth-order valence-electron chi connectivity index (χ4n) is 3.75. The number of nitrogens with zero attached hydrogens (tertiary/aromatic N) is 1. The topological polar surface area (TPSA) is 42.0 Å². The number of rotatable bonds is 3. The monoisotopic (exact) mass is 366 g/mol. The summed E-state index contributed by atoms with van der Waals surface area (Å²) in [6.45, 7) is 6.00. The maximum Gasteiger partial charge on any atom is 0.256 e.